The molecule has 32 heavy (non-hydrogen) atoms. The number of phenols is 1. The number of hydrogen-bond acceptors (Lipinski definition) is 8. The molecule has 0 radical (unpaired) electrons. The molecule has 0 fully saturated rings. The third-order valence-corrected chi connectivity index (χ3v) is 6.04. The Balaban J connectivity index is 2.04. The van der Waals surface area contributed by atoms with Gasteiger partial charge < -0.3 is 9.84 Å². The van der Waals surface area contributed by atoms with Crippen molar-refractivity contribution in [2.75, 3.05) is 0 Å². The van der Waals surface area contributed by atoms with Crippen LogP contribution in [-0.2, 0) is 20.2 Å². The summed E-state index contributed by atoms with van der Waals surface area (Å²) >= 11 is 0. The van der Waals surface area contributed by atoms with Crippen LogP contribution in [0.2, 0.25) is 0 Å². The molecule has 3 N–H and O–H groups in total. The minimum absolute atomic E-state index is 0.0114. The van der Waals surface area contributed by atoms with Gasteiger partial charge in [-0.05, 0) is 47.5 Å². The predicted octanol–water partition coefficient (Wildman–Crippen LogP) is 2.58. The predicted molar refractivity (Wildman–Crippen MR) is 110 cm³/mol. The van der Waals surface area contributed by atoms with E-state index < -0.39 is 47.5 Å². The maximum atomic E-state index is 12.3. The van der Waals surface area contributed by atoms with Crippen molar-refractivity contribution in [2.24, 2.45) is 0 Å². The molecule has 12 heteroatoms. The van der Waals surface area contributed by atoms with Gasteiger partial charge >= 0.3 is 5.97 Å². The number of hydrogen-bond donors (Lipinski definition) is 3. The molecule has 0 spiro atoms. The second-order valence-corrected chi connectivity index (χ2v) is 9.20. The highest BCUT2D eigenvalue weighted by Crippen LogP contribution is 2.33. The van der Waals surface area contributed by atoms with Crippen molar-refractivity contribution in [3.63, 3.8) is 0 Å². The van der Waals surface area contributed by atoms with Crippen molar-refractivity contribution in [1.82, 2.24) is 0 Å². The number of ether oxygens (including phenoxy) is 1. The molecule has 0 aliphatic carbocycles. The van der Waals surface area contributed by atoms with E-state index in [4.69, 9.17) is 4.74 Å². The molecule has 0 amide bonds. The van der Waals surface area contributed by atoms with Crippen LogP contribution in [0.3, 0.4) is 0 Å². The summed E-state index contributed by atoms with van der Waals surface area (Å²) in [5, 5.41) is 9.63. The van der Waals surface area contributed by atoms with Gasteiger partial charge in [-0.3, -0.25) is 13.9 Å². The fraction of sp³-hybridized carbons (Fsp3) is 0. The van der Waals surface area contributed by atoms with Gasteiger partial charge in [-0.2, -0.15) is 16.8 Å². The highest BCUT2D eigenvalue weighted by atomic mass is 32.2. The minimum atomic E-state index is -4.89. The van der Waals surface area contributed by atoms with Crippen LogP contribution < -0.4 is 4.74 Å². The molecule has 166 valence electrons. The minimum Gasteiger partial charge on any atom is -0.506 e. The molecule has 0 unspecified atom stereocenters. The van der Waals surface area contributed by atoms with E-state index in [0.717, 1.165) is 24.3 Å². The van der Waals surface area contributed by atoms with Crippen LogP contribution in [0.1, 0.15) is 20.7 Å². The monoisotopic (exact) mass is 478 g/mol. The summed E-state index contributed by atoms with van der Waals surface area (Å²) in [7, 11) is -9.66. The Hall–Kier alpha value is -3.58. The standard InChI is InChI=1S/C20H14O10S2/c21-11-12-1-3-13(4-2-12)20(23)30-17-8-6-15(10-19(17)32(27,28)29)14-5-7-16(22)18(9-14)31(24,25)26/h1-11,22H,(H,24,25,26)(H,27,28,29). The molecule has 0 aliphatic rings. The van der Waals surface area contributed by atoms with Crippen molar-refractivity contribution in [3.05, 3.63) is 71.8 Å². The Bertz CT molecular complexity index is 1420. The largest absolute Gasteiger partial charge is 0.506 e. The zero-order valence-electron chi connectivity index (χ0n) is 15.9. The summed E-state index contributed by atoms with van der Waals surface area (Å²) in [5.74, 6) is -2.19. The number of phenolic OH excluding ortho intramolecular Hbond substituents is 1. The molecular formula is C20H14O10S2. The number of rotatable bonds is 6. The molecule has 3 rings (SSSR count). The van der Waals surface area contributed by atoms with Gasteiger partial charge in [0.2, 0.25) is 0 Å². The van der Waals surface area contributed by atoms with E-state index in [1.165, 1.54) is 36.4 Å². The Morgan fingerprint density at radius 1 is 0.781 bits per heavy atom. The Kier molecular flexibility index (Phi) is 6.14. The lowest BCUT2D eigenvalue weighted by molar-refractivity contribution is 0.0729. The quantitative estimate of drug-likeness (QED) is 0.207. The van der Waals surface area contributed by atoms with E-state index in [1.54, 1.807) is 0 Å². The second kappa shape index (κ2) is 8.51. The normalized spacial score (nSPS) is 11.7. The van der Waals surface area contributed by atoms with Crippen LogP contribution in [0.15, 0.2) is 70.5 Å². The zero-order chi connectivity index (χ0) is 23.7. The first-order valence-corrected chi connectivity index (χ1v) is 11.5. The van der Waals surface area contributed by atoms with E-state index in [9.17, 15) is 40.6 Å². The average Bonchev–Trinajstić information content (AvgIpc) is 2.73. The van der Waals surface area contributed by atoms with E-state index >= 15 is 0 Å². The molecule has 10 nitrogen and oxygen atoms in total. The van der Waals surface area contributed by atoms with Gasteiger partial charge in [-0.1, -0.05) is 24.3 Å². The van der Waals surface area contributed by atoms with E-state index in [2.05, 4.69) is 0 Å². The third kappa shape index (κ3) is 5.00. The van der Waals surface area contributed by atoms with Gasteiger partial charge in [0.05, 0.1) is 5.56 Å². The fourth-order valence-corrected chi connectivity index (χ4v) is 3.98. The first-order valence-electron chi connectivity index (χ1n) is 8.60. The Morgan fingerprint density at radius 2 is 1.31 bits per heavy atom. The van der Waals surface area contributed by atoms with Gasteiger partial charge in [0.1, 0.15) is 21.8 Å². The molecular weight excluding hydrogens is 464 g/mol. The van der Waals surface area contributed by atoms with Crippen molar-refractivity contribution in [2.45, 2.75) is 9.79 Å². The maximum absolute atomic E-state index is 12.3. The molecule has 0 aromatic heterocycles. The van der Waals surface area contributed by atoms with Crippen LogP contribution in [0, 0.1) is 0 Å². The summed E-state index contributed by atoms with van der Waals surface area (Å²) in [5.41, 5.74) is 0.459. The number of esters is 1. The summed E-state index contributed by atoms with van der Waals surface area (Å²) < 4.78 is 70.4. The number of aromatic hydroxyl groups is 1. The molecule has 3 aromatic rings. The van der Waals surface area contributed by atoms with Crippen LogP contribution in [-0.4, -0.2) is 43.3 Å². The summed E-state index contributed by atoms with van der Waals surface area (Å²) in [6, 6.07) is 11.7. The zero-order valence-corrected chi connectivity index (χ0v) is 17.5. The van der Waals surface area contributed by atoms with Gasteiger partial charge in [0.25, 0.3) is 20.2 Å². The van der Waals surface area contributed by atoms with Gasteiger partial charge in [0.15, 0.2) is 5.75 Å². The molecule has 0 atom stereocenters. The lowest BCUT2D eigenvalue weighted by atomic mass is 10.1. The Labute approximate surface area is 182 Å². The lowest BCUT2D eigenvalue weighted by Gasteiger charge is -2.11. The maximum Gasteiger partial charge on any atom is 0.343 e. The number of benzene rings is 3. The van der Waals surface area contributed by atoms with Crippen LogP contribution >= 0.6 is 0 Å². The van der Waals surface area contributed by atoms with E-state index in [1.807, 2.05) is 0 Å². The average molecular weight is 478 g/mol. The summed E-state index contributed by atoms with van der Waals surface area (Å²) in [6.45, 7) is 0. The first kappa shape index (κ1) is 23.1. The molecule has 3 aromatic carbocycles. The summed E-state index contributed by atoms with van der Waals surface area (Å²) in [6.07, 6.45) is 0.570. The highest BCUT2D eigenvalue weighted by Gasteiger charge is 2.22. The molecule has 0 saturated heterocycles. The van der Waals surface area contributed by atoms with Crippen LogP contribution in [0.5, 0.6) is 11.5 Å². The number of carbonyl (C=O) groups is 2. The lowest BCUT2D eigenvalue weighted by Crippen LogP contribution is -2.11. The first-order chi connectivity index (χ1) is 14.9. The molecule has 0 heterocycles. The number of aldehydes is 1. The molecule has 0 saturated carbocycles. The summed E-state index contributed by atoms with van der Waals surface area (Å²) in [4.78, 5) is 21.4. The van der Waals surface area contributed by atoms with Gasteiger partial charge in [0, 0.05) is 5.56 Å². The molecule has 0 bridgehead atoms. The van der Waals surface area contributed by atoms with Crippen LogP contribution in [0.4, 0.5) is 0 Å². The highest BCUT2D eigenvalue weighted by molar-refractivity contribution is 7.86. The topological polar surface area (TPSA) is 172 Å². The van der Waals surface area contributed by atoms with Crippen molar-refractivity contribution >= 4 is 32.5 Å². The van der Waals surface area contributed by atoms with E-state index in [0.29, 0.717) is 11.8 Å². The van der Waals surface area contributed by atoms with Crippen LogP contribution in [0.25, 0.3) is 11.1 Å². The fourth-order valence-electron chi connectivity index (χ4n) is 2.73. The second-order valence-electron chi connectivity index (χ2n) is 6.42. The van der Waals surface area contributed by atoms with Gasteiger partial charge in [-0.25, -0.2) is 4.79 Å². The van der Waals surface area contributed by atoms with Crippen molar-refractivity contribution in [3.8, 4) is 22.6 Å². The van der Waals surface area contributed by atoms with E-state index in [-0.39, 0.29) is 16.7 Å². The molecule has 0 aliphatic heterocycles. The SMILES string of the molecule is O=Cc1ccc(C(=O)Oc2ccc(-c3ccc(O)c(S(=O)(=O)O)c3)cc2S(=O)(=O)O)cc1. The third-order valence-electron chi connectivity index (χ3n) is 4.28. The Morgan fingerprint density at radius 3 is 1.84 bits per heavy atom. The van der Waals surface area contributed by atoms with Crippen molar-refractivity contribution < 1.29 is 45.4 Å². The smallest absolute Gasteiger partial charge is 0.343 e. The van der Waals surface area contributed by atoms with Crippen molar-refractivity contribution in [1.29, 1.82) is 0 Å². The number of carbonyl (C=O) groups excluding carboxylic acids is 2. The van der Waals surface area contributed by atoms with Gasteiger partial charge in [-0.15, -0.1) is 0 Å².